The molecule has 0 radical (unpaired) electrons. The van der Waals surface area contributed by atoms with Gasteiger partial charge in [0, 0.05) is 12.1 Å². The summed E-state index contributed by atoms with van der Waals surface area (Å²) in [6.45, 7) is 0.241. The number of rotatable bonds is 4. The highest BCUT2D eigenvalue weighted by atomic mass is 35.5. The van der Waals surface area contributed by atoms with E-state index in [4.69, 9.17) is 21.6 Å². The van der Waals surface area contributed by atoms with E-state index in [9.17, 15) is 10.1 Å². The maximum atomic E-state index is 10.4. The molecule has 0 unspecified atom stereocenters. The average molecular weight is 227 g/mol. The van der Waals surface area contributed by atoms with Crippen molar-refractivity contribution >= 4 is 17.3 Å². The van der Waals surface area contributed by atoms with E-state index >= 15 is 0 Å². The van der Waals surface area contributed by atoms with E-state index in [0.717, 1.165) is 0 Å². The van der Waals surface area contributed by atoms with Gasteiger partial charge in [-0.2, -0.15) is 5.26 Å². The Balaban J connectivity index is 2.74. The Bertz CT molecular complexity index is 414. The molecule has 15 heavy (non-hydrogen) atoms. The van der Waals surface area contributed by atoms with Gasteiger partial charge in [0.25, 0.3) is 5.69 Å². The molecule has 0 aliphatic rings. The summed E-state index contributed by atoms with van der Waals surface area (Å²) >= 11 is 5.65. The third-order valence-electron chi connectivity index (χ3n) is 1.60. The lowest BCUT2D eigenvalue weighted by Gasteiger charge is -2.03. The summed E-state index contributed by atoms with van der Waals surface area (Å²) in [7, 11) is 0. The van der Waals surface area contributed by atoms with Gasteiger partial charge in [-0.25, -0.2) is 0 Å². The number of nitro benzene ring substituents is 1. The predicted molar refractivity (Wildman–Crippen MR) is 53.8 cm³/mol. The molecular weight excluding hydrogens is 220 g/mol. The van der Waals surface area contributed by atoms with Crippen LogP contribution in [0, 0.1) is 21.4 Å². The first-order valence-corrected chi connectivity index (χ1v) is 4.46. The lowest BCUT2D eigenvalue weighted by molar-refractivity contribution is -0.384. The fourth-order valence-corrected chi connectivity index (χ4v) is 1.18. The number of hydrogen-bond donors (Lipinski definition) is 0. The second-order valence-electron chi connectivity index (χ2n) is 2.63. The normalized spacial score (nSPS) is 9.33. The van der Waals surface area contributed by atoms with E-state index in [-0.39, 0.29) is 23.7 Å². The summed E-state index contributed by atoms with van der Waals surface area (Å²) in [6.07, 6.45) is 0.259. The molecule has 0 saturated carbocycles. The fraction of sp³-hybridized carbons (Fsp3) is 0.222. The first-order valence-electron chi connectivity index (χ1n) is 4.09. The third kappa shape index (κ3) is 3.11. The molecule has 0 atom stereocenters. The Morgan fingerprint density at radius 3 is 2.87 bits per heavy atom. The average Bonchev–Trinajstić information content (AvgIpc) is 2.17. The van der Waals surface area contributed by atoms with E-state index in [1.165, 1.54) is 18.2 Å². The zero-order valence-corrected chi connectivity index (χ0v) is 8.40. The van der Waals surface area contributed by atoms with Crippen LogP contribution >= 0.6 is 11.6 Å². The van der Waals surface area contributed by atoms with Crippen molar-refractivity contribution in [3.05, 3.63) is 33.3 Å². The minimum absolute atomic E-state index is 0.0226. The van der Waals surface area contributed by atoms with Crippen LogP contribution in [0.15, 0.2) is 18.2 Å². The van der Waals surface area contributed by atoms with Crippen molar-refractivity contribution in [1.82, 2.24) is 0 Å². The summed E-state index contributed by atoms with van der Waals surface area (Å²) in [4.78, 5) is 9.86. The second-order valence-corrected chi connectivity index (χ2v) is 3.03. The number of halogens is 1. The van der Waals surface area contributed by atoms with Crippen LogP contribution in [0.1, 0.15) is 6.42 Å². The zero-order valence-electron chi connectivity index (χ0n) is 7.64. The van der Waals surface area contributed by atoms with Gasteiger partial charge in [0.2, 0.25) is 0 Å². The van der Waals surface area contributed by atoms with Crippen LogP contribution in [0.2, 0.25) is 5.02 Å². The Morgan fingerprint density at radius 2 is 2.33 bits per heavy atom. The number of benzene rings is 1. The number of ether oxygens (including phenoxy) is 1. The molecule has 0 spiro atoms. The molecule has 1 rings (SSSR count). The van der Waals surface area contributed by atoms with E-state index in [2.05, 4.69) is 0 Å². The zero-order chi connectivity index (χ0) is 11.3. The predicted octanol–water partition coefficient (Wildman–Crippen LogP) is 2.54. The molecule has 0 amide bonds. The van der Waals surface area contributed by atoms with Gasteiger partial charge in [0.1, 0.15) is 17.4 Å². The van der Waals surface area contributed by atoms with Gasteiger partial charge in [0.15, 0.2) is 0 Å². The van der Waals surface area contributed by atoms with Crippen LogP contribution < -0.4 is 4.74 Å². The Morgan fingerprint density at radius 1 is 1.60 bits per heavy atom. The van der Waals surface area contributed by atoms with Crippen LogP contribution in [0.4, 0.5) is 5.69 Å². The van der Waals surface area contributed by atoms with E-state index in [1.54, 1.807) is 0 Å². The molecule has 0 N–H and O–H groups in total. The van der Waals surface area contributed by atoms with Crippen molar-refractivity contribution in [2.75, 3.05) is 6.61 Å². The van der Waals surface area contributed by atoms with E-state index < -0.39 is 4.92 Å². The molecular formula is C9H7ClN2O3. The first kappa shape index (κ1) is 11.3. The number of nitro groups is 1. The van der Waals surface area contributed by atoms with Crippen molar-refractivity contribution in [2.24, 2.45) is 0 Å². The highest BCUT2D eigenvalue weighted by Crippen LogP contribution is 2.28. The van der Waals surface area contributed by atoms with E-state index in [0.29, 0.717) is 5.75 Å². The minimum atomic E-state index is -0.568. The molecule has 0 heterocycles. The SMILES string of the molecule is N#CCCOc1ccc([N+](=O)[O-])c(Cl)c1. The molecule has 1 aromatic carbocycles. The molecule has 0 saturated heterocycles. The molecule has 0 aliphatic heterocycles. The summed E-state index contributed by atoms with van der Waals surface area (Å²) in [5.41, 5.74) is -0.163. The fourth-order valence-electron chi connectivity index (χ4n) is 0.940. The van der Waals surface area contributed by atoms with Gasteiger partial charge in [-0.1, -0.05) is 11.6 Å². The quantitative estimate of drug-likeness (QED) is 0.449. The molecule has 0 bridgehead atoms. The molecule has 0 fully saturated rings. The van der Waals surface area contributed by atoms with Gasteiger partial charge in [-0.05, 0) is 6.07 Å². The number of nitriles is 1. The summed E-state index contributed by atoms with van der Waals surface area (Å²) < 4.78 is 5.13. The summed E-state index contributed by atoms with van der Waals surface area (Å²) in [6, 6.07) is 5.99. The Hall–Kier alpha value is -1.80. The molecule has 5 nitrogen and oxygen atoms in total. The summed E-state index contributed by atoms with van der Waals surface area (Å²) in [5.74, 6) is 0.417. The van der Waals surface area contributed by atoms with Crippen LogP contribution in [-0.2, 0) is 0 Å². The highest BCUT2D eigenvalue weighted by molar-refractivity contribution is 6.32. The monoisotopic (exact) mass is 226 g/mol. The third-order valence-corrected chi connectivity index (χ3v) is 1.90. The molecule has 6 heteroatoms. The van der Waals surface area contributed by atoms with Crippen LogP contribution in [0.3, 0.4) is 0 Å². The topological polar surface area (TPSA) is 76.2 Å². The van der Waals surface area contributed by atoms with Crippen molar-refractivity contribution in [2.45, 2.75) is 6.42 Å². The van der Waals surface area contributed by atoms with Gasteiger partial charge in [-0.15, -0.1) is 0 Å². The van der Waals surface area contributed by atoms with Gasteiger partial charge < -0.3 is 4.74 Å². The smallest absolute Gasteiger partial charge is 0.288 e. The van der Waals surface area contributed by atoms with Crippen molar-refractivity contribution in [1.29, 1.82) is 5.26 Å². The van der Waals surface area contributed by atoms with Gasteiger partial charge in [0.05, 0.1) is 17.4 Å². The highest BCUT2D eigenvalue weighted by Gasteiger charge is 2.12. The molecule has 78 valence electrons. The van der Waals surface area contributed by atoms with Crippen LogP contribution in [0.5, 0.6) is 5.75 Å². The summed E-state index contributed by atoms with van der Waals surface area (Å²) in [5, 5.41) is 18.7. The van der Waals surface area contributed by atoms with Gasteiger partial charge in [-0.3, -0.25) is 10.1 Å². The van der Waals surface area contributed by atoms with E-state index in [1.807, 2.05) is 6.07 Å². The lowest BCUT2D eigenvalue weighted by atomic mass is 10.3. The number of hydrogen-bond acceptors (Lipinski definition) is 4. The standard InChI is InChI=1S/C9H7ClN2O3/c10-8-6-7(15-5-1-4-11)2-3-9(8)12(13)14/h2-3,6H,1,5H2. The van der Waals surface area contributed by atoms with Crippen molar-refractivity contribution < 1.29 is 9.66 Å². The van der Waals surface area contributed by atoms with Crippen molar-refractivity contribution in [3.63, 3.8) is 0 Å². The van der Waals surface area contributed by atoms with Crippen LogP contribution in [0.25, 0.3) is 0 Å². The Labute approximate surface area is 91.0 Å². The molecule has 0 aliphatic carbocycles. The largest absolute Gasteiger partial charge is 0.492 e. The van der Waals surface area contributed by atoms with Crippen molar-refractivity contribution in [3.8, 4) is 11.8 Å². The number of nitrogens with zero attached hydrogens (tertiary/aromatic N) is 2. The maximum absolute atomic E-state index is 10.4. The lowest BCUT2D eigenvalue weighted by Crippen LogP contribution is -1.96. The molecule has 1 aromatic rings. The first-order chi connectivity index (χ1) is 7.15. The maximum Gasteiger partial charge on any atom is 0.288 e. The molecule has 0 aromatic heterocycles. The van der Waals surface area contributed by atoms with Gasteiger partial charge >= 0.3 is 0 Å². The van der Waals surface area contributed by atoms with Crippen LogP contribution in [-0.4, -0.2) is 11.5 Å². The Kier molecular flexibility index (Phi) is 3.89. The second kappa shape index (κ2) is 5.17. The minimum Gasteiger partial charge on any atom is -0.492 e.